The molecule has 3 heteroatoms. The topological polar surface area (TPSA) is 29.3 Å². The quantitative estimate of drug-likeness (QED) is 0.893. The summed E-state index contributed by atoms with van der Waals surface area (Å²) >= 11 is 2.10. The summed E-state index contributed by atoms with van der Waals surface area (Å²) in [5, 5.41) is 1.48. The Morgan fingerprint density at radius 3 is 2.35 bits per heavy atom. The maximum absolute atomic E-state index is 5.79. The van der Waals surface area contributed by atoms with Gasteiger partial charge in [0.1, 0.15) is 0 Å². The molecule has 2 unspecified atom stereocenters. The van der Waals surface area contributed by atoms with Crippen LogP contribution in [0.2, 0.25) is 0 Å². The largest absolute Gasteiger partial charge is 0.326 e. The van der Waals surface area contributed by atoms with Crippen LogP contribution < -0.4 is 5.73 Å². The van der Waals surface area contributed by atoms with Gasteiger partial charge in [0.25, 0.3) is 0 Å². The highest BCUT2D eigenvalue weighted by molar-refractivity contribution is 8.00. The van der Waals surface area contributed by atoms with Crippen molar-refractivity contribution in [3.05, 3.63) is 35.4 Å². The summed E-state index contributed by atoms with van der Waals surface area (Å²) in [6.45, 7) is 8.71. The Morgan fingerprint density at radius 2 is 1.76 bits per heavy atom. The van der Waals surface area contributed by atoms with Gasteiger partial charge in [0.2, 0.25) is 0 Å². The Bertz CT molecular complexity index is 357. The lowest BCUT2D eigenvalue weighted by Gasteiger charge is -2.34. The van der Waals surface area contributed by atoms with E-state index in [1.54, 1.807) is 0 Å². The third-order valence-corrected chi connectivity index (χ3v) is 4.45. The third-order valence-electron chi connectivity index (χ3n) is 3.23. The first-order chi connectivity index (χ1) is 8.19. The molecule has 1 aliphatic heterocycles. The maximum Gasteiger partial charge on any atom is 0.0237 e. The van der Waals surface area contributed by atoms with Crippen LogP contribution in [0.5, 0.6) is 0 Å². The highest BCUT2D eigenvalue weighted by Gasteiger charge is 2.22. The van der Waals surface area contributed by atoms with Crippen LogP contribution in [-0.4, -0.2) is 28.5 Å². The van der Waals surface area contributed by atoms with Gasteiger partial charge in [-0.25, -0.2) is 0 Å². The van der Waals surface area contributed by atoms with Crippen molar-refractivity contribution in [2.45, 2.75) is 37.4 Å². The summed E-state index contributed by atoms with van der Waals surface area (Å²) in [7, 11) is 0. The molecule has 1 aromatic rings. The average molecular weight is 250 g/mol. The normalized spacial score (nSPS) is 26.1. The van der Waals surface area contributed by atoms with Crippen LogP contribution in [0, 0.1) is 0 Å². The van der Waals surface area contributed by atoms with Crippen LogP contribution in [0.15, 0.2) is 24.3 Å². The summed E-state index contributed by atoms with van der Waals surface area (Å²) in [6, 6.07) is 8.53. The molecule has 94 valence electrons. The van der Waals surface area contributed by atoms with E-state index in [0.717, 1.165) is 17.0 Å². The smallest absolute Gasteiger partial charge is 0.0237 e. The molecule has 2 nitrogen and oxygen atoms in total. The molecule has 2 rings (SSSR count). The van der Waals surface area contributed by atoms with Crippen LogP contribution in [0.3, 0.4) is 0 Å². The summed E-state index contributed by atoms with van der Waals surface area (Å²) in [5.74, 6) is 0. The van der Waals surface area contributed by atoms with Gasteiger partial charge in [-0.3, -0.25) is 4.90 Å². The van der Waals surface area contributed by atoms with E-state index < -0.39 is 0 Å². The maximum atomic E-state index is 5.79. The molecule has 0 aliphatic carbocycles. The molecule has 0 saturated carbocycles. The molecule has 0 aromatic heterocycles. The molecular weight excluding hydrogens is 228 g/mol. The fraction of sp³-hybridized carbons (Fsp3) is 0.571. The minimum absolute atomic E-state index is 0.643. The second-order valence-corrected chi connectivity index (χ2v) is 6.81. The van der Waals surface area contributed by atoms with Crippen molar-refractivity contribution in [1.29, 1.82) is 0 Å². The molecule has 17 heavy (non-hydrogen) atoms. The van der Waals surface area contributed by atoms with Crippen molar-refractivity contribution in [2.75, 3.05) is 13.1 Å². The number of hydrogen-bond donors (Lipinski definition) is 1. The van der Waals surface area contributed by atoms with Gasteiger partial charge in [-0.05, 0) is 11.1 Å². The minimum atomic E-state index is 0.643. The van der Waals surface area contributed by atoms with Crippen molar-refractivity contribution < 1.29 is 0 Å². The zero-order valence-electron chi connectivity index (χ0n) is 10.7. The molecule has 0 radical (unpaired) electrons. The number of nitrogens with two attached hydrogens (primary N) is 1. The van der Waals surface area contributed by atoms with Crippen molar-refractivity contribution in [3.8, 4) is 0 Å². The number of hydrogen-bond acceptors (Lipinski definition) is 3. The molecule has 1 aromatic carbocycles. The standard InChI is InChI=1S/C14H22N2S/c1-11-8-16(9-12(2)17-11)10-14-6-4-3-5-13(14)7-15/h3-6,11-12H,7-10,15H2,1-2H3. The van der Waals surface area contributed by atoms with Gasteiger partial charge < -0.3 is 5.73 Å². The lowest BCUT2D eigenvalue weighted by molar-refractivity contribution is 0.262. The van der Waals surface area contributed by atoms with Crippen LogP contribution in [0.4, 0.5) is 0 Å². The van der Waals surface area contributed by atoms with E-state index in [0.29, 0.717) is 6.54 Å². The van der Waals surface area contributed by atoms with Crippen LogP contribution in [-0.2, 0) is 13.1 Å². The second-order valence-electron chi connectivity index (χ2n) is 4.92. The summed E-state index contributed by atoms with van der Waals surface area (Å²) in [6.07, 6.45) is 0. The fourth-order valence-electron chi connectivity index (χ4n) is 2.57. The highest BCUT2D eigenvalue weighted by Crippen LogP contribution is 2.26. The Kier molecular flexibility index (Phi) is 4.48. The van der Waals surface area contributed by atoms with Gasteiger partial charge in [0.15, 0.2) is 0 Å². The predicted octanol–water partition coefficient (Wildman–Crippen LogP) is 2.47. The van der Waals surface area contributed by atoms with Crippen molar-refractivity contribution in [2.24, 2.45) is 5.73 Å². The summed E-state index contributed by atoms with van der Waals surface area (Å²) < 4.78 is 0. The zero-order valence-corrected chi connectivity index (χ0v) is 11.5. The predicted molar refractivity (Wildman–Crippen MR) is 76.1 cm³/mol. The van der Waals surface area contributed by atoms with E-state index >= 15 is 0 Å². The molecule has 1 fully saturated rings. The Balaban J connectivity index is 2.04. The molecule has 1 aliphatic rings. The number of benzene rings is 1. The van der Waals surface area contributed by atoms with Gasteiger partial charge >= 0.3 is 0 Å². The Labute approximate surface area is 109 Å². The lowest BCUT2D eigenvalue weighted by Crippen LogP contribution is -2.39. The fourth-order valence-corrected chi connectivity index (χ4v) is 3.95. The first kappa shape index (κ1) is 12.9. The summed E-state index contributed by atoms with van der Waals surface area (Å²) in [4.78, 5) is 2.56. The minimum Gasteiger partial charge on any atom is -0.326 e. The molecule has 2 N–H and O–H groups in total. The van der Waals surface area contributed by atoms with E-state index in [2.05, 4.69) is 54.8 Å². The van der Waals surface area contributed by atoms with Crippen molar-refractivity contribution in [1.82, 2.24) is 4.90 Å². The first-order valence-corrected chi connectivity index (χ1v) is 7.28. The average Bonchev–Trinajstić information content (AvgIpc) is 2.28. The highest BCUT2D eigenvalue weighted by atomic mass is 32.2. The molecule has 2 atom stereocenters. The number of thioether (sulfide) groups is 1. The Morgan fingerprint density at radius 1 is 1.18 bits per heavy atom. The molecule has 0 amide bonds. The summed E-state index contributed by atoms with van der Waals surface area (Å²) in [5.41, 5.74) is 8.46. The molecule has 0 spiro atoms. The van der Waals surface area contributed by atoms with Gasteiger partial charge in [0, 0.05) is 36.7 Å². The van der Waals surface area contributed by atoms with Gasteiger partial charge in [-0.15, -0.1) is 0 Å². The van der Waals surface area contributed by atoms with Crippen molar-refractivity contribution in [3.63, 3.8) is 0 Å². The van der Waals surface area contributed by atoms with Crippen LogP contribution in [0.1, 0.15) is 25.0 Å². The van der Waals surface area contributed by atoms with E-state index in [1.807, 2.05) is 0 Å². The lowest BCUT2D eigenvalue weighted by atomic mass is 10.1. The second kappa shape index (κ2) is 5.89. The van der Waals surface area contributed by atoms with E-state index in [1.165, 1.54) is 24.2 Å². The molecular formula is C14H22N2S. The van der Waals surface area contributed by atoms with Gasteiger partial charge in [-0.1, -0.05) is 38.1 Å². The number of nitrogens with zero attached hydrogens (tertiary/aromatic N) is 1. The van der Waals surface area contributed by atoms with E-state index in [-0.39, 0.29) is 0 Å². The van der Waals surface area contributed by atoms with Gasteiger partial charge in [-0.2, -0.15) is 11.8 Å². The zero-order chi connectivity index (χ0) is 12.3. The molecule has 1 saturated heterocycles. The molecule has 1 heterocycles. The van der Waals surface area contributed by atoms with E-state index in [9.17, 15) is 0 Å². The van der Waals surface area contributed by atoms with Gasteiger partial charge in [0.05, 0.1) is 0 Å². The third kappa shape index (κ3) is 3.47. The SMILES string of the molecule is CC1CN(Cc2ccccc2CN)CC(C)S1. The van der Waals surface area contributed by atoms with Crippen LogP contribution in [0.25, 0.3) is 0 Å². The monoisotopic (exact) mass is 250 g/mol. The van der Waals surface area contributed by atoms with Crippen molar-refractivity contribution >= 4 is 11.8 Å². The molecule has 0 bridgehead atoms. The van der Waals surface area contributed by atoms with Crippen LogP contribution >= 0.6 is 11.8 Å². The van der Waals surface area contributed by atoms with E-state index in [4.69, 9.17) is 5.73 Å². The first-order valence-electron chi connectivity index (χ1n) is 6.33. The Hall–Kier alpha value is -0.510. The number of rotatable bonds is 3.